The summed E-state index contributed by atoms with van der Waals surface area (Å²) >= 11 is 7.35. The van der Waals surface area contributed by atoms with Gasteiger partial charge in [0.15, 0.2) is 0 Å². The molecule has 1 aromatic heterocycles. The van der Waals surface area contributed by atoms with Crippen LogP contribution in [0, 0.1) is 6.92 Å². The van der Waals surface area contributed by atoms with Gasteiger partial charge in [-0.1, -0.05) is 35.9 Å². The summed E-state index contributed by atoms with van der Waals surface area (Å²) in [5.41, 5.74) is 3.41. The first-order valence-corrected chi connectivity index (χ1v) is 11.7. The molecule has 0 bridgehead atoms. The predicted molar refractivity (Wildman–Crippen MR) is 128 cm³/mol. The number of anilines is 1. The number of nitrogens with zero attached hydrogens (tertiary/aromatic N) is 2. The Hall–Kier alpha value is -2.90. The maximum absolute atomic E-state index is 13.0. The van der Waals surface area contributed by atoms with Crippen molar-refractivity contribution in [3.8, 4) is 10.6 Å². The lowest BCUT2D eigenvalue weighted by atomic mass is 10.0. The van der Waals surface area contributed by atoms with Gasteiger partial charge in [0, 0.05) is 35.4 Å². The van der Waals surface area contributed by atoms with Crippen molar-refractivity contribution in [1.82, 2.24) is 10.3 Å². The standard InChI is InChI=1S/C24H24ClN3O3S/c1-15-22(32-24(26-15)17-7-9-18(25)10-8-17)23(31)27-19-5-3-11-28(14-19)20-6-2-4-16(12-20)13-21(29)30/h2,4,6-10,12,19H,3,5,11,13-14H2,1H3,(H,27,31)(H,29,30)/t19-/m0/s1. The second-order valence-corrected chi connectivity index (χ2v) is 9.37. The maximum Gasteiger partial charge on any atom is 0.307 e. The molecule has 0 spiro atoms. The lowest BCUT2D eigenvalue weighted by molar-refractivity contribution is -0.136. The Morgan fingerprint density at radius 3 is 2.78 bits per heavy atom. The molecule has 166 valence electrons. The number of carbonyl (C=O) groups excluding carboxylic acids is 1. The second-order valence-electron chi connectivity index (χ2n) is 7.94. The third kappa shape index (κ3) is 5.29. The van der Waals surface area contributed by atoms with E-state index in [1.165, 1.54) is 11.3 Å². The van der Waals surface area contributed by atoms with Gasteiger partial charge in [0.05, 0.1) is 12.1 Å². The van der Waals surface area contributed by atoms with Crippen LogP contribution >= 0.6 is 22.9 Å². The third-order valence-electron chi connectivity index (χ3n) is 5.48. The van der Waals surface area contributed by atoms with Crippen molar-refractivity contribution in [3.63, 3.8) is 0 Å². The highest BCUT2D eigenvalue weighted by Crippen LogP contribution is 2.29. The molecule has 2 heterocycles. The topological polar surface area (TPSA) is 82.5 Å². The predicted octanol–water partition coefficient (Wildman–Crippen LogP) is 4.80. The van der Waals surface area contributed by atoms with Crippen molar-refractivity contribution in [2.75, 3.05) is 18.0 Å². The first-order valence-electron chi connectivity index (χ1n) is 10.5. The number of rotatable bonds is 6. The van der Waals surface area contributed by atoms with E-state index in [1.54, 1.807) is 0 Å². The van der Waals surface area contributed by atoms with Crippen LogP contribution in [0.1, 0.15) is 33.8 Å². The summed E-state index contributed by atoms with van der Waals surface area (Å²) in [5.74, 6) is -0.949. The molecular formula is C24H24ClN3O3S. The molecule has 3 aromatic rings. The van der Waals surface area contributed by atoms with E-state index in [1.807, 2.05) is 55.5 Å². The molecule has 8 heteroatoms. The lowest BCUT2D eigenvalue weighted by Gasteiger charge is -2.35. The number of carboxylic acids is 1. The van der Waals surface area contributed by atoms with Gasteiger partial charge in [-0.05, 0) is 49.6 Å². The van der Waals surface area contributed by atoms with E-state index < -0.39 is 5.97 Å². The van der Waals surface area contributed by atoms with E-state index >= 15 is 0 Å². The Labute approximate surface area is 195 Å². The van der Waals surface area contributed by atoms with Crippen LogP contribution in [-0.2, 0) is 11.2 Å². The first kappa shape index (κ1) is 22.3. The smallest absolute Gasteiger partial charge is 0.307 e. The van der Waals surface area contributed by atoms with Crippen LogP contribution in [-0.4, -0.2) is 41.1 Å². The number of nitrogens with one attached hydrogen (secondary N) is 1. The molecule has 2 aromatic carbocycles. The van der Waals surface area contributed by atoms with E-state index in [0.29, 0.717) is 22.1 Å². The highest BCUT2D eigenvalue weighted by molar-refractivity contribution is 7.17. The van der Waals surface area contributed by atoms with Gasteiger partial charge in [-0.2, -0.15) is 0 Å². The van der Waals surface area contributed by atoms with Crippen LogP contribution in [0.15, 0.2) is 48.5 Å². The zero-order valence-corrected chi connectivity index (χ0v) is 19.2. The summed E-state index contributed by atoms with van der Waals surface area (Å²) in [6, 6.07) is 15.1. The second kappa shape index (κ2) is 9.71. The highest BCUT2D eigenvalue weighted by atomic mass is 35.5. The zero-order chi connectivity index (χ0) is 22.7. The number of aromatic nitrogens is 1. The van der Waals surface area contributed by atoms with Crippen molar-refractivity contribution in [2.45, 2.75) is 32.2 Å². The van der Waals surface area contributed by atoms with E-state index in [-0.39, 0.29) is 18.4 Å². The fourth-order valence-electron chi connectivity index (χ4n) is 3.94. The van der Waals surface area contributed by atoms with Crippen LogP contribution < -0.4 is 10.2 Å². The monoisotopic (exact) mass is 469 g/mol. The fraction of sp³-hybridized carbons (Fsp3) is 0.292. The molecule has 1 atom stereocenters. The summed E-state index contributed by atoms with van der Waals surface area (Å²) in [5, 5.41) is 13.7. The Morgan fingerprint density at radius 2 is 2.03 bits per heavy atom. The van der Waals surface area contributed by atoms with Gasteiger partial charge in [0.2, 0.25) is 0 Å². The number of carboxylic acid groups (broad SMARTS) is 1. The lowest BCUT2D eigenvalue weighted by Crippen LogP contribution is -2.47. The number of halogens is 1. The maximum atomic E-state index is 13.0. The summed E-state index contributed by atoms with van der Waals surface area (Å²) < 4.78 is 0. The van der Waals surface area contributed by atoms with Crippen LogP contribution in [0.4, 0.5) is 5.69 Å². The molecule has 4 rings (SSSR count). The van der Waals surface area contributed by atoms with Crippen molar-refractivity contribution < 1.29 is 14.7 Å². The van der Waals surface area contributed by atoms with Gasteiger partial charge < -0.3 is 15.3 Å². The summed E-state index contributed by atoms with van der Waals surface area (Å²) in [6.45, 7) is 3.42. The number of aliphatic carboxylic acids is 1. The molecule has 0 radical (unpaired) electrons. The molecule has 0 unspecified atom stereocenters. The number of carbonyl (C=O) groups is 2. The Morgan fingerprint density at radius 1 is 1.25 bits per heavy atom. The van der Waals surface area contributed by atoms with Gasteiger partial charge in [-0.15, -0.1) is 11.3 Å². The number of thiazole rings is 1. The van der Waals surface area contributed by atoms with E-state index in [2.05, 4.69) is 15.2 Å². The molecule has 6 nitrogen and oxygen atoms in total. The van der Waals surface area contributed by atoms with Gasteiger partial charge >= 0.3 is 5.97 Å². The minimum atomic E-state index is -0.844. The molecule has 32 heavy (non-hydrogen) atoms. The summed E-state index contributed by atoms with van der Waals surface area (Å²) in [4.78, 5) is 31.4. The number of aryl methyl sites for hydroxylation is 1. The molecule has 0 aliphatic carbocycles. The average Bonchev–Trinajstić information content (AvgIpc) is 3.16. The Bertz CT molecular complexity index is 1130. The van der Waals surface area contributed by atoms with E-state index in [0.717, 1.165) is 41.2 Å². The summed E-state index contributed by atoms with van der Waals surface area (Å²) in [7, 11) is 0. The minimum Gasteiger partial charge on any atom is -0.481 e. The first-order chi connectivity index (χ1) is 15.4. The van der Waals surface area contributed by atoms with Crippen molar-refractivity contribution in [3.05, 3.63) is 69.7 Å². The summed E-state index contributed by atoms with van der Waals surface area (Å²) in [6.07, 6.45) is 1.85. The fourth-order valence-corrected chi connectivity index (χ4v) is 5.04. The van der Waals surface area contributed by atoms with Crippen molar-refractivity contribution in [2.24, 2.45) is 0 Å². The van der Waals surface area contributed by atoms with Crippen LogP contribution in [0.25, 0.3) is 10.6 Å². The number of piperidine rings is 1. The van der Waals surface area contributed by atoms with Crippen LogP contribution in [0.2, 0.25) is 5.02 Å². The molecule has 1 aliphatic heterocycles. The Balaban J connectivity index is 1.44. The molecule has 1 aliphatic rings. The van der Waals surface area contributed by atoms with Gasteiger partial charge in [-0.25, -0.2) is 4.98 Å². The van der Waals surface area contributed by atoms with Crippen molar-refractivity contribution in [1.29, 1.82) is 0 Å². The SMILES string of the molecule is Cc1nc(-c2ccc(Cl)cc2)sc1C(=O)N[C@H]1CCCN(c2cccc(CC(=O)O)c2)C1. The molecular weight excluding hydrogens is 446 g/mol. The average molecular weight is 470 g/mol. The number of hydrogen-bond acceptors (Lipinski definition) is 5. The Kier molecular flexibility index (Phi) is 6.77. The largest absolute Gasteiger partial charge is 0.481 e. The van der Waals surface area contributed by atoms with Gasteiger partial charge in [0.25, 0.3) is 5.91 Å². The highest BCUT2D eigenvalue weighted by Gasteiger charge is 2.24. The zero-order valence-electron chi connectivity index (χ0n) is 17.7. The van der Waals surface area contributed by atoms with Crippen LogP contribution in [0.3, 0.4) is 0 Å². The molecule has 1 amide bonds. The number of amides is 1. The van der Waals surface area contributed by atoms with Gasteiger partial charge in [0.1, 0.15) is 9.88 Å². The number of benzene rings is 2. The van der Waals surface area contributed by atoms with E-state index in [9.17, 15) is 9.59 Å². The van der Waals surface area contributed by atoms with E-state index in [4.69, 9.17) is 16.7 Å². The molecule has 1 saturated heterocycles. The normalized spacial score (nSPS) is 16.1. The third-order valence-corrected chi connectivity index (χ3v) is 6.94. The molecule has 0 saturated carbocycles. The van der Waals surface area contributed by atoms with Crippen LogP contribution in [0.5, 0.6) is 0 Å². The van der Waals surface area contributed by atoms with Gasteiger partial charge in [-0.3, -0.25) is 9.59 Å². The van der Waals surface area contributed by atoms with Crippen molar-refractivity contribution >= 4 is 40.5 Å². The molecule has 2 N–H and O–H groups in total. The minimum absolute atomic E-state index is 0.00243. The number of hydrogen-bond donors (Lipinski definition) is 2. The molecule has 1 fully saturated rings. The quantitative estimate of drug-likeness (QED) is 0.542.